The van der Waals surface area contributed by atoms with E-state index in [4.69, 9.17) is 8.94 Å². The molecule has 6 heteroatoms. The molecule has 3 aromatic heterocycles. The smallest absolute Gasteiger partial charge is 0.272 e. The molecule has 0 radical (unpaired) electrons. The highest BCUT2D eigenvalue weighted by Crippen LogP contribution is 2.25. The average molecular weight is 349 g/mol. The molecule has 1 amide bonds. The van der Waals surface area contributed by atoms with Crippen LogP contribution in [0.15, 0.2) is 51.6 Å². The van der Waals surface area contributed by atoms with Crippen molar-refractivity contribution in [2.45, 2.75) is 27.3 Å². The van der Waals surface area contributed by atoms with E-state index in [9.17, 15) is 4.79 Å². The van der Waals surface area contributed by atoms with Gasteiger partial charge in [0.15, 0.2) is 11.3 Å². The number of benzene rings is 1. The van der Waals surface area contributed by atoms with Crippen LogP contribution >= 0.6 is 0 Å². The Balaban J connectivity index is 1.71. The van der Waals surface area contributed by atoms with Crippen LogP contribution in [0, 0.1) is 20.8 Å². The van der Waals surface area contributed by atoms with E-state index in [0.29, 0.717) is 35.0 Å². The zero-order valence-corrected chi connectivity index (χ0v) is 14.9. The van der Waals surface area contributed by atoms with E-state index >= 15 is 0 Å². The molecule has 0 aliphatic carbocycles. The van der Waals surface area contributed by atoms with Crippen molar-refractivity contribution in [3.63, 3.8) is 0 Å². The van der Waals surface area contributed by atoms with Gasteiger partial charge in [0.25, 0.3) is 5.91 Å². The van der Waals surface area contributed by atoms with Crippen LogP contribution < -0.4 is 5.32 Å². The van der Waals surface area contributed by atoms with Crippen molar-refractivity contribution in [2.75, 3.05) is 5.32 Å². The minimum absolute atomic E-state index is 0.224. The normalized spacial score (nSPS) is 11.2. The van der Waals surface area contributed by atoms with Crippen molar-refractivity contribution >= 4 is 22.7 Å². The molecule has 4 rings (SSSR count). The molecule has 0 aliphatic heterocycles. The van der Waals surface area contributed by atoms with Gasteiger partial charge < -0.3 is 18.8 Å². The maximum absolute atomic E-state index is 12.9. The number of hydrogen-bond donors (Lipinski definition) is 1. The van der Waals surface area contributed by atoms with Crippen LogP contribution in [0.1, 0.15) is 33.1 Å². The Labute approximate surface area is 150 Å². The van der Waals surface area contributed by atoms with E-state index in [2.05, 4.69) is 41.7 Å². The molecule has 1 aromatic carbocycles. The number of furan rings is 1. The van der Waals surface area contributed by atoms with E-state index in [1.807, 2.05) is 10.6 Å². The number of nitrogens with one attached hydrogen (secondary N) is 1. The zero-order chi connectivity index (χ0) is 18.3. The first-order chi connectivity index (χ1) is 12.5. The molecular formula is C20H19N3O3. The van der Waals surface area contributed by atoms with Crippen molar-refractivity contribution in [3.8, 4) is 0 Å². The zero-order valence-electron chi connectivity index (χ0n) is 14.9. The molecular weight excluding hydrogens is 330 g/mol. The number of carbonyl (C=O) groups is 1. The van der Waals surface area contributed by atoms with Crippen molar-refractivity contribution in [1.82, 2.24) is 9.72 Å². The number of anilines is 1. The van der Waals surface area contributed by atoms with E-state index in [1.54, 1.807) is 26.2 Å². The standard InChI is InChI=1S/C20H19N3O3/c1-12-4-6-15(7-5-12)11-23-16-8-9-25-18(16)10-17(23)20(24)21-19-13(2)22-26-14(19)3/h4-10H,11H2,1-3H3,(H,21,24). The third kappa shape index (κ3) is 2.79. The molecule has 0 saturated carbocycles. The summed E-state index contributed by atoms with van der Waals surface area (Å²) < 4.78 is 12.6. The lowest BCUT2D eigenvalue weighted by Gasteiger charge is -2.11. The van der Waals surface area contributed by atoms with Crippen LogP contribution in [-0.4, -0.2) is 15.6 Å². The predicted molar refractivity (Wildman–Crippen MR) is 98.4 cm³/mol. The van der Waals surface area contributed by atoms with Gasteiger partial charge in [-0.2, -0.15) is 0 Å². The number of nitrogens with zero attached hydrogens (tertiary/aromatic N) is 2. The Kier molecular flexibility index (Phi) is 3.88. The number of carbonyl (C=O) groups excluding carboxylic acids is 1. The van der Waals surface area contributed by atoms with Crippen molar-refractivity contribution in [2.24, 2.45) is 0 Å². The molecule has 0 saturated heterocycles. The predicted octanol–water partition coefficient (Wildman–Crippen LogP) is 4.45. The van der Waals surface area contributed by atoms with Gasteiger partial charge in [-0.3, -0.25) is 4.79 Å². The number of aromatic nitrogens is 2. The maximum atomic E-state index is 12.9. The van der Waals surface area contributed by atoms with Crippen LogP contribution in [-0.2, 0) is 6.54 Å². The lowest BCUT2D eigenvalue weighted by Crippen LogP contribution is -2.18. The minimum Gasteiger partial charge on any atom is -0.463 e. The fourth-order valence-corrected chi connectivity index (χ4v) is 3.05. The van der Waals surface area contributed by atoms with Gasteiger partial charge in [-0.15, -0.1) is 0 Å². The number of aryl methyl sites for hydroxylation is 3. The van der Waals surface area contributed by atoms with Gasteiger partial charge >= 0.3 is 0 Å². The third-order valence-electron chi connectivity index (χ3n) is 4.49. The van der Waals surface area contributed by atoms with E-state index in [0.717, 1.165) is 11.1 Å². The molecule has 3 heterocycles. The quantitative estimate of drug-likeness (QED) is 0.591. The Hall–Kier alpha value is -3.28. The van der Waals surface area contributed by atoms with E-state index < -0.39 is 0 Å². The lowest BCUT2D eigenvalue weighted by atomic mass is 10.1. The van der Waals surface area contributed by atoms with Crippen LogP contribution in [0.5, 0.6) is 0 Å². The fraction of sp³-hybridized carbons (Fsp3) is 0.200. The highest BCUT2D eigenvalue weighted by Gasteiger charge is 2.20. The molecule has 1 N–H and O–H groups in total. The molecule has 26 heavy (non-hydrogen) atoms. The van der Waals surface area contributed by atoms with Gasteiger partial charge in [0, 0.05) is 18.7 Å². The van der Waals surface area contributed by atoms with Crippen LogP contribution in [0.2, 0.25) is 0 Å². The second kappa shape index (κ2) is 6.22. The van der Waals surface area contributed by atoms with Gasteiger partial charge in [-0.05, 0) is 26.3 Å². The molecule has 0 fully saturated rings. The first kappa shape index (κ1) is 16.2. The summed E-state index contributed by atoms with van der Waals surface area (Å²) in [5, 5.41) is 6.78. The summed E-state index contributed by atoms with van der Waals surface area (Å²) in [7, 11) is 0. The number of fused-ring (bicyclic) bond motifs is 1. The topological polar surface area (TPSA) is 73.2 Å². The van der Waals surface area contributed by atoms with Crippen LogP contribution in [0.3, 0.4) is 0 Å². The fourth-order valence-electron chi connectivity index (χ4n) is 3.05. The molecule has 4 aromatic rings. The number of amides is 1. The number of hydrogen-bond acceptors (Lipinski definition) is 4. The van der Waals surface area contributed by atoms with Gasteiger partial charge in [0.2, 0.25) is 0 Å². The second-order valence-electron chi connectivity index (χ2n) is 6.42. The van der Waals surface area contributed by atoms with Gasteiger partial charge in [0.1, 0.15) is 17.1 Å². The first-order valence-corrected chi connectivity index (χ1v) is 8.39. The summed E-state index contributed by atoms with van der Waals surface area (Å²) in [4.78, 5) is 12.9. The summed E-state index contributed by atoms with van der Waals surface area (Å²) in [6.07, 6.45) is 1.63. The first-order valence-electron chi connectivity index (χ1n) is 8.39. The van der Waals surface area contributed by atoms with Crippen molar-refractivity contribution < 1.29 is 13.7 Å². The Morgan fingerprint density at radius 2 is 1.92 bits per heavy atom. The largest absolute Gasteiger partial charge is 0.463 e. The van der Waals surface area contributed by atoms with Crippen molar-refractivity contribution in [3.05, 3.63) is 70.9 Å². The highest BCUT2D eigenvalue weighted by molar-refractivity contribution is 6.06. The second-order valence-corrected chi connectivity index (χ2v) is 6.42. The summed E-state index contributed by atoms with van der Waals surface area (Å²) >= 11 is 0. The Bertz CT molecular complexity index is 1060. The van der Waals surface area contributed by atoms with E-state index in [-0.39, 0.29) is 5.91 Å². The van der Waals surface area contributed by atoms with Gasteiger partial charge in [-0.25, -0.2) is 0 Å². The van der Waals surface area contributed by atoms with E-state index in [1.165, 1.54) is 5.56 Å². The number of rotatable bonds is 4. The summed E-state index contributed by atoms with van der Waals surface area (Å²) in [6, 6.07) is 11.9. The molecule has 132 valence electrons. The molecule has 0 aliphatic rings. The van der Waals surface area contributed by atoms with Crippen molar-refractivity contribution in [1.29, 1.82) is 0 Å². The van der Waals surface area contributed by atoms with Gasteiger partial charge in [-0.1, -0.05) is 35.0 Å². The summed E-state index contributed by atoms with van der Waals surface area (Å²) in [6.45, 7) is 6.19. The van der Waals surface area contributed by atoms with Crippen LogP contribution in [0.4, 0.5) is 5.69 Å². The minimum atomic E-state index is -0.224. The highest BCUT2D eigenvalue weighted by atomic mass is 16.5. The molecule has 0 bridgehead atoms. The monoisotopic (exact) mass is 349 g/mol. The third-order valence-corrected chi connectivity index (χ3v) is 4.49. The van der Waals surface area contributed by atoms with Crippen LogP contribution in [0.25, 0.3) is 11.1 Å². The lowest BCUT2D eigenvalue weighted by molar-refractivity contribution is 0.101. The Morgan fingerprint density at radius 1 is 1.15 bits per heavy atom. The molecule has 0 atom stereocenters. The summed E-state index contributed by atoms with van der Waals surface area (Å²) in [5.41, 5.74) is 5.66. The maximum Gasteiger partial charge on any atom is 0.272 e. The molecule has 0 spiro atoms. The molecule has 6 nitrogen and oxygen atoms in total. The SMILES string of the molecule is Cc1ccc(Cn2c(C(=O)Nc3c(C)noc3C)cc3occc32)cc1. The Morgan fingerprint density at radius 3 is 2.62 bits per heavy atom. The molecule has 0 unspecified atom stereocenters. The summed E-state index contributed by atoms with van der Waals surface area (Å²) in [5.74, 6) is 0.356. The average Bonchev–Trinajstić information content (AvgIpc) is 3.29. The van der Waals surface area contributed by atoms with Gasteiger partial charge in [0.05, 0.1) is 11.8 Å².